The van der Waals surface area contributed by atoms with Crippen molar-refractivity contribution in [2.75, 3.05) is 12.9 Å². The summed E-state index contributed by atoms with van der Waals surface area (Å²) in [5.74, 6) is 2.42. The van der Waals surface area contributed by atoms with E-state index < -0.39 is 0 Å². The number of carbonyl (C=O) groups is 1. The molecule has 1 unspecified atom stereocenters. The third-order valence-corrected chi connectivity index (χ3v) is 5.02. The topological polar surface area (TPSA) is 71.3 Å². The number of amides is 1. The molecule has 2 rings (SSSR count). The molecule has 0 fully saturated rings. The van der Waals surface area contributed by atoms with E-state index in [1.54, 1.807) is 31.0 Å². The van der Waals surface area contributed by atoms with Gasteiger partial charge in [0.25, 0.3) is 0 Å². The molecule has 1 N–H and O–H groups in total. The van der Waals surface area contributed by atoms with Crippen molar-refractivity contribution in [3.63, 3.8) is 0 Å². The van der Waals surface area contributed by atoms with E-state index in [1.807, 2.05) is 51.1 Å². The molecular weight excluding hydrogens is 372 g/mol. The molecule has 0 radical (unpaired) electrons. The quantitative estimate of drug-likeness (QED) is 0.675. The van der Waals surface area contributed by atoms with Crippen molar-refractivity contribution in [3.8, 4) is 17.6 Å². The minimum absolute atomic E-state index is 0.0207. The Morgan fingerprint density at radius 2 is 1.86 bits per heavy atom. The lowest BCUT2D eigenvalue weighted by Crippen LogP contribution is -2.28. The van der Waals surface area contributed by atoms with Crippen LogP contribution < -0.4 is 14.8 Å². The van der Waals surface area contributed by atoms with Gasteiger partial charge in [-0.1, -0.05) is 18.2 Å². The maximum Gasteiger partial charge on any atom is 0.230 e. The lowest BCUT2D eigenvalue weighted by atomic mass is 10.1. The fourth-order valence-corrected chi connectivity index (χ4v) is 3.41. The van der Waals surface area contributed by atoms with Gasteiger partial charge in [-0.3, -0.25) is 4.79 Å². The van der Waals surface area contributed by atoms with Gasteiger partial charge >= 0.3 is 0 Å². The fraction of sp³-hybridized carbons (Fsp3) is 0.364. The van der Waals surface area contributed by atoms with Gasteiger partial charge in [0.2, 0.25) is 5.91 Å². The normalized spacial score (nSPS) is 11.6. The lowest BCUT2D eigenvalue weighted by Gasteiger charge is -2.18. The first kappa shape index (κ1) is 21.6. The molecule has 1 amide bonds. The first-order valence-electron chi connectivity index (χ1n) is 9.13. The SMILES string of the molecule is COc1cc(C(C)NC(=O)CSCc2ccc(C#N)cc2)ccc1OC(C)C. The number of methoxy groups -OCH3 is 1. The Labute approximate surface area is 171 Å². The van der Waals surface area contributed by atoms with Crippen LogP contribution >= 0.6 is 11.8 Å². The summed E-state index contributed by atoms with van der Waals surface area (Å²) >= 11 is 1.54. The largest absolute Gasteiger partial charge is 0.493 e. The zero-order valence-corrected chi connectivity index (χ0v) is 17.5. The summed E-state index contributed by atoms with van der Waals surface area (Å²) in [5.41, 5.74) is 2.69. The van der Waals surface area contributed by atoms with Gasteiger partial charge in [0.15, 0.2) is 11.5 Å². The fourth-order valence-electron chi connectivity index (χ4n) is 2.61. The van der Waals surface area contributed by atoms with Crippen molar-refractivity contribution in [2.45, 2.75) is 38.7 Å². The molecule has 0 saturated heterocycles. The Kier molecular flexibility index (Phi) is 8.21. The molecule has 0 saturated carbocycles. The highest BCUT2D eigenvalue weighted by Crippen LogP contribution is 2.31. The van der Waals surface area contributed by atoms with E-state index >= 15 is 0 Å². The second-order valence-corrected chi connectivity index (χ2v) is 7.65. The molecular formula is C22H26N2O3S. The maximum atomic E-state index is 12.3. The third-order valence-electron chi connectivity index (χ3n) is 4.01. The van der Waals surface area contributed by atoms with Crippen LogP contribution in [0.1, 0.15) is 43.5 Å². The number of carbonyl (C=O) groups excluding carboxylic acids is 1. The van der Waals surface area contributed by atoms with Crippen LogP contribution in [0, 0.1) is 11.3 Å². The Balaban J connectivity index is 1.86. The number of thioether (sulfide) groups is 1. The minimum Gasteiger partial charge on any atom is -0.493 e. The molecule has 5 nitrogen and oxygen atoms in total. The van der Waals surface area contributed by atoms with Crippen LogP contribution in [0.4, 0.5) is 0 Å². The number of nitrogens with one attached hydrogen (secondary N) is 1. The number of benzene rings is 2. The van der Waals surface area contributed by atoms with Gasteiger partial charge in [-0.25, -0.2) is 0 Å². The highest BCUT2D eigenvalue weighted by Gasteiger charge is 2.14. The van der Waals surface area contributed by atoms with E-state index in [-0.39, 0.29) is 18.1 Å². The second kappa shape index (κ2) is 10.6. The summed E-state index contributed by atoms with van der Waals surface area (Å²) < 4.78 is 11.1. The van der Waals surface area contributed by atoms with Crippen LogP contribution in [-0.4, -0.2) is 24.9 Å². The minimum atomic E-state index is -0.134. The average Bonchev–Trinajstić information content (AvgIpc) is 2.68. The van der Waals surface area contributed by atoms with Crippen LogP contribution in [0.3, 0.4) is 0 Å². The van der Waals surface area contributed by atoms with E-state index in [0.29, 0.717) is 22.8 Å². The van der Waals surface area contributed by atoms with Gasteiger partial charge in [-0.05, 0) is 56.2 Å². The molecule has 0 bridgehead atoms. The Morgan fingerprint density at radius 1 is 1.14 bits per heavy atom. The molecule has 28 heavy (non-hydrogen) atoms. The highest BCUT2D eigenvalue weighted by molar-refractivity contribution is 7.99. The molecule has 0 aromatic heterocycles. The average molecular weight is 399 g/mol. The Morgan fingerprint density at radius 3 is 2.46 bits per heavy atom. The second-order valence-electron chi connectivity index (χ2n) is 6.67. The predicted molar refractivity (Wildman–Crippen MR) is 113 cm³/mol. The smallest absolute Gasteiger partial charge is 0.230 e. The van der Waals surface area contributed by atoms with Gasteiger partial charge in [-0.2, -0.15) is 5.26 Å². The van der Waals surface area contributed by atoms with E-state index in [2.05, 4.69) is 11.4 Å². The van der Waals surface area contributed by atoms with E-state index in [0.717, 1.165) is 16.9 Å². The number of ether oxygens (including phenoxy) is 2. The summed E-state index contributed by atoms with van der Waals surface area (Å²) in [7, 11) is 1.61. The van der Waals surface area contributed by atoms with Gasteiger partial charge in [-0.15, -0.1) is 11.8 Å². The van der Waals surface area contributed by atoms with Crippen LogP contribution in [0.5, 0.6) is 11.5 Å². The third kappa shape index (κ3) is 6.50. The van der Waals surface area contributed by atoms with Gasteiger partial charge < -0.3 is 14.8 Å². The zero-order chi connectivity index (χ0) is 20.5. The van der Waals surface area contributed by atoms with Gasteiger partial charge in [0, 0.05) is 5.75 Å². The number of hydrogen-bond acceptors (Lipinski definition) is 5. The van der Waals surface area contributed by atoms with Crippen molar-refractivity contribution in [1.82, 2.24) is 5.32 Å². The molecule has 0 heterocycles. The van der Waals surface area contributed by atoms with Crippen LogP contribution in [-0.2, 0) is 10.5 Å². The Hall–Kier alpha value is -2.65. The molecule has 0 spiro atoms. The van der Waals surface area contributed by atoms with Crippen molar-refractivity contribution in [1.29, 1.82) is 5.26 Å². The maximum absolute atomic E-state index is 12.3. The monoisotopic (exact) mass is 398 g/mol. The summed E-state index contributed by atoms with van der Waals surface area (Å²) in [6.07, 6.45) is 0.0602. The predicted octanol–water partition coefficient (Wildman–Crippen LogP) is 4.46. The Bertz CT molecular complexity index is 829. The van der Waals surface area contributed by atoms with Crippen molar-refractivity contribution in [2.24, 2.45) is 0 Å². The van der Waals surface area contributed by atoms with E-state index in [4.69, 9.17) is 14.7 Å². The zero-order valence-electron chi connectivity index (χ0n) is 16.7. The molecule has 148 valence electrons. The van der Waals surface area contributed by atoms with Crippen molar-refractivity contribution in [3.05, 3.63) is 59.2 Å². The molecule has 2 aromatic rings. The van der Waals surface area contributed by atoms with Crippen LogP contribution in [0.25, 0.3) is 0 Å². The summed E-state index contributed by atoms with van der Waals surface area (Å²) in [4.78, 5) is 12.3. The summed E-state index contributed by atoms with van der Waals surface area (Å²) in [6, 6.07) is 15.1. The van der Waals surface area contributed by atoms with Crippen molar-refractivity contribution < 1.29 is 14.3 Å². The first-order chi connectivity index (χ1) is 13.4. The number of nitriles is 1. The van der Waals surface area contributed by atoms with Gasteiger partial charge in [0.05, 0.1) is 36.6 Å². The van der Waals surface area contributed by atoms with Gasteiger partial charge in [0.1, 0.15) is 0 Å². The van der Waals surface area contributed by atoms with Crippen molar-refractivity contribution >= 4 is 17.7 Å². The molecule has 1 atom stereocenters. The first-order valence-corrected chi connectivity index (χ1v) is 10.3. The highest BCUT2D eigenvalue weighted by atomic mass is 32.2. The lowest BCUT2D eigenvalue weighted by molar-refractivity contribution is -0.119. The van der Waals surface area contributed by atoms with E-state index in [9.17, 15) is 4.79 Å². The van der Waals surface area contributed by atoms with E-state index in [1.165, 1.54) is 0 Å². The summed E-state index contributed by atoms with van der Waals surface area (Å²) in [5, 5.41) is 11.8. The van der Waals surface area contributed by atoms with Crippen LogP contribution in [0.15, 0.2) is 42.5 Å². The molecule has 6 heteroatoms. The van der Waals surface area contributed by atoms with Crippen LogP contribution in [0.2, 0.25) is 0 Å². The standard InChI is InChI=1S/C22H26N2O3S/c1-15(2)27-20-10-9-19(11-21(20)26-4)16(3)24-22(25)14-28-13-18-7-5-17(12-23)6-8-18/h5-11,15-16H,13-14H2,1-4H3,(H,24,25). The summed E-state index contributed by atoms with van der Waals surface area (Å²) in [6.45, 7) is 5.87. The molecule has 0 aliphatic rings. The molecule has 0 aliphatic carbocycles. The molecule has 0 aliphatic heterocycles. The number of rotatable bonds is 9. The number of hydrogen-bond donors (Lipinski definition) is 1. The number of nitrogens with zero attached hydrogens (tertiary/aromatic N) is 1. The molecule has 2 aromatic carbocycles.